The van der Waals surface area contributed by atoms with Crippen molar-refractivity contribution in [1.82, 2.24) is 0 Å². The smallest absolute Gasteiger partial charge is 0.445 e. The first-order chi connectivity index (χ1) is 5.82. The van der Waals surface area contributed by atoms with Gasteiger partial charge in [0.1, 0.15) is 0 Å². The zero-order chi connectivity index (χ0) is 10.2. The van der Waals surface area contributed by atoms with Crippen molar-refractivity contribution in [2.75, 3.05) is 0 Å². The topological polar surface area (TPSA) is 0 Å². The van der Waals surface area contributed by atoms with E-state index < -0.39 is 12.4 Å². The van der Waals surface area contributed by atoms with Gasteiger partial charge in [0.25, 0.3) is 0 Å². The molecule has 0 aromatic heterocycles. The molecule has 0 aliphatic heterocycles. The molecule has 0 spiro atoms. The Hall–Kier alpha value is 1.19. The minimum Gasteiger partial charge on any atom is -0.445 e. The Morgan fingerprint density at radius 2 is 1.43 bits per heavy atom. The Morgan fingerprint density at radius 3 is 1.71 bits per heavy atom. The second kappa shape index (κ2) is 5.50. The molecule has 0 aliphatic rings. The Kier molecular flexibility index (Phi) is 5.97. The van der Waals surface area contributed by atoms with Crippen LogP contribution in [0.25, 0.3) is 0 Å². The van der Waals surface area contributed by atoms with Crippen molar-refractivity contribution >= 4 is 28.4 Å². The predicted octanol–water partition coefficient (Wildman–Crippen LogP) is 0.124. The van der Waals surface area contributed by atoms with Gasteiger partial charge in [-0.2, -0.15) is 0 Å². The van der Waals surface area contributed by atoms with E-state index >= 15 is 0 Å². The Bertz CT molecular complexity index is 315. The summed E-state index contributed by atoms with van der Waals surface area (Å²) < 4.78 is 38.2. The van der Waals surface area contributed by atoms with Crippen molar-refractivity contribution < 1.29 is 64.3 Å². The molecule has 14 heavy (non-hydrogen) atoms. The SMILES string of the molecule is Cc1cc(Br)cc(C)c1[B-](F)(F)F.[K+]. The quantitative estimate of drug-likeness (QED) is 0.645. The summed E-state index contributed by atoms with van der Waals surface area (Å²) in [5, 5.41) is 0. The molecule has 0 unspecified atom stereocenters. The maximum Gasteiger partial charge on any atom is 1.00 e. The molecule has 1 rings (SSSR count). The van der Waals surface area contributed by atoms with Crippen LogP contribution in [0.4, 0.5) is 12.9 Å². The van der Waals surface area contributed by atoms with Crippen molar-refractivity contribution in [3.8, 4) is 0 Å². The fraction of sp³-hybridized carbons (Fsp3) is 0.250. The number of aryl methyl sites for hydroxylation is 2. The van der Waals surface area contributed by atoms with Gasteiger partial charge in [-0.1, -0.05) is 27.1 Å². The van der Waals surface area contributed by atoms with Crippen LogP contribution in [0.3, 0.4) is 0 Å². The maximum absolute atomic E-state index is 12.5. The predicted molar refractivity (Wildman–Crippen MR) is 52.3 cm³/mol. The van der Waals surface area contributed by atoms with Gasteiger partial charge in [0.05, 0.1) is 0 Å². The molecule has 0 bridgehead atoms. The molecule has 0 atom stereocenters. The first kappa shape index (κ1) is 15.2. The van der Waals surface area contributed by atoms with E-state index in [1.807, 2.05) is 0 Å². The van der Waals surface area contributed by atoms with Crippen molar-refractivity contribution in [2.24, 2.45) is 0 Å². The molecule has 72 valence electrons. The van der Waals surface area contributed by atoms with Crippen molar-refractivity contribution in [2.45, 2.75) is 13.8 Å². The second-order valence-electron chi connectivity index (χ2n) is 3.03. The van der Waals surface area contributed by atoms with Gasteiger partial charge in [0, 0.05) is 4.47 Å². The first-order valence-electron chi connectivity index (χ1n) is 3.79. The molecule has 0 radical (unpaired) electrons. The van der Waals surface area contributed by atoms with Gasteiger partial charge < -0.3 is 12.9 Å². The van der Waals surface area contributed by atoms with Crippen LogP contribution in [0, 0.1) is 13.8 Å². The number of rotatable bonds is 1. The van der Waals surface area contributed by atoms with Crippen LogP contribution >= 0.6 is 15.9 Å². The van der Waals surface area contributed by atoms with Gasteiger partial charge in [0.15, 0.2) is 0 Å². The average Bonchev–Trinajstić information content (AvgIpc) is 1.78. The summed E-state index contributed by atoms with van der Waals surface area (Å²) in [6, 6.07) is 2.97. The molecule has 1 aromatic rings. The van der Waals surface area contributed by atoms with Crippen molar-refractivity contribution in [1.29, 1.82) is 0 Å². The maximum atomic E-state index is 12.5. The minimum atomic E-state index is -4.89. The monoisotopic (exact) mass is 290 g/mol. The second-order valence-corrected chi connectivity index (χ2v) is 3.94. The van der Waals surface area contributed by atoms with E-state index in [0.717, 1.165) is 0 Å². The minimum absolute atomic E-state index is 0. The van der Waals surface area contributed by atoms with Crippen LogP contribution < -0.4 is 56.8 Å². The van der Waals surface area contributed by atoms with Gasteiger partial charge in [0.2, 0.25) is 0 Å². The van der Waals surface area contributed by atoms with Crippen LogP contribution in [0.1, 0.15) is 11.1 Å². The number of halogens is 4. The van der Waals surface area contributed by atoms with Gasteiger partial charge in [-0.15, -0.1) is 5.46 Å². The van der Waals surface area contributed by atoms with Gasteiger partial charge in [-0.25, -0.2) is 0 Å². The molecular formula is C8H8BBrF3K. The molecule has 1 aromatic carbocycles. The third-order valence-electron chi connectivity index (χ3n) is 1.89. The van der Waals surface area contributed by atoms with E-state index in [4.69, 9.17) is 0 Å². The third kappa shape index (κ3) is 3.65. The fourth-order valence-corrected chi connectivity index (χ4v) is 2.12. The van der Waals surface area contributed by atoms with E-state index in [2.05, 4.69) is 15.9 Å². The van der Waals surface area contributed by atoms with E-state index in [1.165, 1.54) is 26.0 Å². The Labute approximate surface area is 132 Å². The molecule has 0 saturated heterocycles. The van der Waals surface area contributed by atoms with Gasteiger partial charge >= 0.3 is 58.4 Å². The van der Waals surface area contributed by atoms with Gasteiger partial charge in [-0.05, 0) is 26.0 Å². The zero-order valence-corrected chi connectivity index (χ0v) is 13.0. The van der Waals surface area contributed by atoms with E-state index in [-0.39, 0.29) is 62.5 Å². The van der Waals surface area contributed by atoms with Gasteiger partial charge in [-0.3, -0.25) is 0 Å². The molecule has 0 N–H and O–H groups in total. The Morgan fingerprint density at radius 1 is 1.07 bits per heavy atom. The Balaban J connectivity index is 0.00000169. The molecule has 0 amide bonds. The molecule has 0 saturated carbocycles. The number of hydrogen-bond acceptors (Lipinski definition) is 0. The molecule has 6 heteroatoms. The standard InChI is InChI=1S/C8H8BBrF3.K/c1-5-3-7(10)4-6(2)8(5)9(11,12)13;/h3-4H,1-2H3;/q-1;+1. The molecule has 0 heterocycles. The largest absolute Gasteiger partial charge is 1.00 e. The average molecular weight is 291 g/mol. The van der Waals surface area contributed by atoms with Crippen molar-refractivity contribution in [3.63, 3.8) is 0 Å². The van der Waals surface area contributed by atoms with Crippen LogP contribution in [0.15, 0.2) is 16.6 Å². The summed E-state index contributed by atoms with van der Waals surface area (Å²) in [5.74, 6) is 0. The van der Waals surface area contributed by atoms with Crippen LogP contribution in [0.2, 0.25) is 0 Å². The third-order valence-corrected chi connectivity index (χ3v) is 2.34. The zero-order valence-electron chi connectivity index (χ0n) is 8.24. The molecular weight excluding hydrogens is 283 g/mol. The summed E-state index contributed by atoms with van der Waals surface area (Å²) in [6.45, 7) is -1.94. The van der Waals surface area contributed by atoms with Crippen LogP contribution in [-0.2, 0) is 0 Å². The van der Waals surface area contributed by atoms with E-state index in [1.54, 1.807) is 0 Å². The summed E-state index contributed by atoms with van der Waals surface area (Å²) in [4.78, 5) is 0. The fourth-order valence-electron chi connectivity index (χ4n) is 1.44. The summed E-state index contributed by atoms with van der Waals surface area (Å²) >= 11 is 3.15. The first-order valence-corrected chi connectivity index (χ1v) is 4.58. The summed E-state index contributed by atoms with van der Waals surface area (Å²) in [6.07, 6.45) is 0. The van der Waals surface area contributed by atoms with E-state index in [0.29, 0.717) is 4.47 Å². The summed E-state index contributed by atoms with van der Waals surface area (Å²) in [5.41, 5.74) is 0.0851. The normalized spacial score (nSPS) is 11.0. The summed E-state index contributed by atoms with van der Waals surface area (Å²) in [7, 11) is 0. The number of benzene rings is 1. The van der Waals surface area contributed by atoms with Crippen LogP contribution in [-0.4, -0.2) is 6.98 Å². The number of hydrogen-bond donors (Lipinski definition) is 0. The molecule has 0 aliphatic carbocycles. The van der Waals surface area contributed by atoms with Crippen molar-refractivity contribution in [3.05, 3.63) is 27.7 Å². The van der Waals surface area contributed by atoms with Crippen LogP contribution in [0.5, 0.6) is 0 Å². The molecule has 0 fully saturated rings. The molecule has 0 nitrogen and oxygen atoms in total. The van der Waals surface area contributed by atoms with E-state index in [9.17, 15) is 12.9 Å².